The second-order valence-electron chi connectivity index (χ2n) is 8.56. The van der Waals surface area contributed by atoms with Crippen LogP contribution in [0, 0.1) is 0 Å². The first-order valence-electron chi connectivity index (χ1n) is 12.0. The summed E-state index contributed by atoms with van der Waals surface area (Å²) in [5, 5.41) is 22.5. The number of primary amides is 1. The Kier molecular flexibility index (Phi) is 7.42. The Morgan fingerprint density at radius 1 is 0.950 bits per heavy atom. The van der Waals surface area contributed by atoms with Gasteiger partial charge < -0.3 is 15.6 Å². The molecule has 1 aromatic heterocycles. The van der Waals surface area contributed by atoms with E-state index in [1.54, 1.807) is 66.7 Å². The van der Waals surface area contributed by atoms with Crippen LogP contribution in [0.15, 0.2) is 96.2 Å². The van der Waals surface area contributed by atoms with Crippen LogP contribution in [0.3, 0.4) is 0 Å². The van der Waals surface area contributed by atoms with E-state index < -0.39 is 23.2 Å². The molecule has 1 unspecified atom stereocenters. The molecule has 0 aliphatic carbocycles. The van der Waals surface area contributed by atoms with Crippen molar-refractivity contribution in [1.29, 1.82) is 0 Å². The molecule has 0 saturated carbocycles. The molecule has 5 aromatic rings. The summed E-state index contributed by atoms with van der Waals surface area (Å²) >= 11 is 0.749. The van der Waals surface area contributed by atoms with Crippen molar-refractivity contribution in [1.82, 2.24) is 20.2 Å². The predicted molar refractivity (Wildman–Crippen MR) is 149 cm³/mol. The number of rotatable bonds is 7. The normalized spacial score (nSPS) is 11.6. The standard InChI is InChI=1S/C28H22N6O5S/c1-17(26(37)39-23-16-22(25(29)36)24(35)21-15-9-8-14-20(21)23)33(18-10-4-2-5-11-18)28(38)40-27-30-31-32-34(27)19-12-6-3-7-13-19/h2-17,35H,1H3,(H2,29,36). The van der Waals surface area contributed by atoms with Gasteiger partial charge in [-0.05, 0) is 47.7 Å². The first kappa shape index (κ1) is 26.4. The average Bonchev–Trinajstić information content (AvgIpc) is 3.43. The fraction of sp³-hybridized carbons (Fsp3) is 0.0714. The van der Waals surface area contributed by atoms with E-state index in [2.05, 4.69) is 15.5 Å². The van der Waals surface area contributed by atoms with Crippen molar-refractivity contribution in [2.45, 2.75) is 18.1 Å². The Balaban J connectivity index is 1.47. The zero-order chi connectivity index (χ0) is 28.2. The number of aromatic hydroxyl groups is 1. The molecule has 0 aliphatic rings. The number of fused-ring (bicyclic) bond motifs is 1. The molecule has 0 bridgehead atoms. The lowest BCUT2D eigenvalue weighted by Gasteiger charge is -2.27. The number of hydrogen-bond acceptors (Lipinski definition) is 9. The number of benzene rings is 4. The summed E-state index contributed by atoms with van der Waals surface area (Å²) < 4.78 is 7.13. The molecular formula is C28H22N6O5S. The van der Waals surface area contributed by atoms with Crippen LogP contribution >= 0.6 is 11.8 Å². The third kappa shape index (κ3) is 5.20. The van der Waals surface area contributed by atoms with Gasteiger partial charge in [-0.2, -0.15) is 4.68 Å². The number of nitrogens with two attached hydrogens (primary N) is 1. The van der Waals surface area contributed by atoms with Crippen molar-refractivity contribution in [3.05, 3.63) is 96.6 Å². The molecule has 12 heteroatoms. The minimum absolute atomic E-state index is 0.0141. The second-order valence-corrected chi connectivity index (χ2v) is 9.48. The number of para-hydroxylation sites is 2. The van der Waals surface area contributed by atoms with Crippen LogP contribution in [0.1, 0.15) is 17.3 Å². The number of anilines is 1. The number of thioether (sulfide) groups is 1. The van der Waals surface area contributed by atoms with Gasteiger partial charge in [-0.15, -0.1) is 5.10 Å². The third-order valence-electron chi connectivity index (χ3n) is 6.03. The molecule has 3 N–H and O–H groups in total. The number of ether oxygens (including phenoxy) is 1. The number of carbonyl (C=O) groups is 3. The van der Waals surface area contributed by atoms with Crippen LogP contribution in [0.5, 0.6) is 11.5 Å². The molecule has 2 amide bonds. The van der Waals surface area contributed by atoms with Crippen LogP contribution in [0.25, 0.3) is 16.5 Å². The van der Waals surface area contributed by atoms with Crippen LogP contribution in [-0.2, 0) is 4.79 Å². The molecule has 4 aromatic carbocycles. The van der Waals surface area contributed by atoms with Crippen molar-refractivity contribution in [2.24, 2.45) is 5.73 Å². The number of carbonyl (C=O) groups excluding carboxylic acids is 3. The monoisotopic (exact) mass is 554 g/mol. The van der Waals surface area contributed by atoms with Crippen LogP contribution in [0.2, 0.25) is 0 Å². The topological polar surface area (TPSA) is 154 Å². The van der Waals surface area contributed by atoms with Gasteiger partial charge in [0, 0.05) is 28.2 Å². The summed E-state index contributed by atoms with van der Waals surface area (Å²) in [4.78, 5) is 40.4. The molecule has 200 valence electrons. The van der Waals surface area contributed by atoms with E-state index in [-0.39, 0.29) is 27.6 Å². The van der Waals surface area contributed by atoms with Gasteiger partial charge in [-0.25, -0.2) is 4.79 Å². The third-order valence-corrected chi connectivity index (χ3v) is 6.84. The highest BCUT2D eigenvalue weighted by atomic mass is 32.2. The molecule has 1 atom stereocenters. The first-order valence-corrected chi connectivity index (χ1v) is 12.8. The van der Waals surface area contributed by atoms with E-state index in [4.69, 9.17) is 10.5 Å². The number of aromatic nitrogens is 4. The van der Waals surface area contributed by atoms with Gasteiger partial charge in [0.25, 0.3) is 11.1 Å². The van der Waals surface area contributed by atoms with E-state index in [0.29, 0.717) is 16.8 Å². The number of hydrogen-bond donors (Lipinski definition) is 2. The predicted octanol–water partition coefficient (Wildman–Crippen LogP) is 4.33. The van der Waals surface area contributed by atoms with Crippen molar-refractivity contribution in [3.63, 3.8) is 0 Å². The summed E-state index contributed by atoms with van der Waals surface area (Å²) in [5.74, 6) is -1.97. The van der Waals surface area contributed by atoms with Crippen molar-refractivity contribution >= 4 is 45.3 Å². The van der Waals surface area contributed by atoms with Crippen molar-refractivity contribution in [2.75, 3.05) is 4.90 Å². The van der Waals surface area contributed by atoms with Gasteiger partial charge in [0.2, 0.25) is 5.16 Å². The Labute approximate surface area is 232 Å². The molecule has 40 heavy (non-hydrogen) atoms. The zero-order valence-corrected chi connectivity index (χ0v) is 21.9. The molecular weight excluding hydrogens is 532 g/mol. The van der Waals surface area contributed by atoms with Gasteiger partial charge in [0.1, 0.15) is 17.5 Å². The number of phenols is 1. The minimum atomic E-state index is -1.12. The lowest BCUT2D eigenvalue weighted by Crippen LogP contribution is -2.43. The van der Waals surface area contributed by atoms with Gasteiger partial charge in [0.15, 0.2) is 0 Å². The lowest BCUT2D eigenvalue weighted by atomic mass is 10.0. The fourth-order valence-corrected chi connectivity index (χ4v) is 4.90. The summed E-state index contributed by atoms with van der Waals surface area (Å²) in [5.41, 5.74) is 6.33. The van der Waals surface area contributed by atoms with E-state index in [9.17, 15) is 19.5 Å². The van der Waals surface area contributed by atoms with Gasteiger partial charge in [-0.1, -0.05) is 60.7 Å². The molecule has 0 fully saturated rings. The summed E-state index contributed by atoms with van der Waals surface area (Å²) in [7, 11) is 0. The van der Waals surface area contributed by atoms with Gasteiger partial charge in [-0.3, -0.25) is 14.5 Å². The largest absolute Gasteiger partial charge is 0.506 e. The lowest BCUT2D eigenvalue weighted by molar-refractivity contribution is -0.135. The molecule has 5 rings (SSSR count). The zero-order valence-electron chi connectivity index (χ0n) is 21.0. The maximum atomic E-state index is 13.7. The molecule has 0 saturated heterocycles. The smallest absolute Gasteiger partial charge is 0.334 e. The van der Waals surface area contributed by atoms with E-state index in [1.807, 2.05) is 18.2 Å². The SMILES string of the molecule is CC(C(=O)Oc1cc(C(N)=O)c(O)c2ccccc12)N(C(=O)Sc1nnnn1-c1ccccc1)c1ccccc1. The van der Waals surface area contributed by atoms with Crippen LogP contribution < -0.4 is 15.4 Å². The number of amides is 2. The highest BCUT2D eigenvalue weighted by Crippen LogP contribution is 2.36. The number of nitrogens with zero attached hydrogens (tertiary/aromatic N) is 5. The number of tetrazole rings is 1. The second kappa shape index (κ2) is 11.3. The van der Waals surface area contributed by atoms with E-state index in [0.717, 1.165) is 11.8 Å². The average molecular weight is 555 g/mol. The number of esters is 1. The molecule has 11 nitrogen and oxygen atoms in total. The molecule has 0 aliphatic heterocycles. The Hall–Kier alpha value is -5.23. The fourth-order valence-electron chi connectivity index (χ4n) is 4.07. The van der Waals surface area contributed by atoms with Crippen LogP contribution in [-0.4, -0.2) is 48.5 Å². The molecule has 1 heterocycles. The molecule has 0 radical (unpaired) electrons. The first-order chi connectivity index (χ1) is 19.3. The quantitative estimate of drug-likeness (QED) is 0.170. The van der Waals surface area contributed by atoms with E-state index >= 15 is 0 Å². The summed E-state index contributed by atoms with van der Waals surface area (Å²) in [6, 6.07) is 24.3. The Morgan fingerprint density at radius 3 is 2.25 bits per heavy atom. The minimum Gasteiger partial charge on any atom is -0.506 e. The Morgan fingerprint density at radius 2 is 1.57 bits per heavy atom. The highest BCUT2D eigenvalue weighted by molar-refractivity contribution is 8.13. The summed E-state index contributed by atoms with van der Waals surface area (Å²) in [6.07, 6.45) is 0. The summed E-state index contributed by atoms with van der Waals surface area (Å²) in [6.45, 7) is 1.52. The van der Waals surface area contributed by atoms with E-state index in [1.165, 1.54) is 22.6 Å². The highest BCUT2D eigenvalue weighted by Gasteiger charge is 2.32. The van der Waals surface area contributed by atoms with Gasteiger partial charge >= 0.3 is 5.97 Å². The van der Waals surface area contributed by atoms with Gasteiger partial charge in [0.05, 0.1) is 11.3 Å². The van der Waals surface area contributed by atoms with Crippen LogP contribution in [0.4, 0.5) is 10.5 Å². The van der Waals surface area contributed by atoms with Crippen molar-refractivity contribution < 1.29 is 24.2 Å². The van der Waals surface area contributed by atoms with Crippen molar-refractivity contribution in [3.8, 4) is 17.2 Å². The Bertz CT molecular complexity index is 1710. The maximum absolute atomic E-state index is 13.7. The maximum Gasteiger partial charge on any atom is 0.334 e. The molecule has 0 spiro atoms.